The predicted molar refractivity (Wildman–Crippen MR) is 88.9 cm³/mol. The second kappa shape index (κ2) is 7.04. The summed E-state index contributed by atoms with van der Waals surface area (Å²) in [6.07, 6.45) is -4.31. The van der Waals surface area contributed by atoms with Gasteiger partial charge in [-0.2, -0.15) is 13.2 Å². The number of anilines is 1. The zero-order valence-electron chi connectivity index (χ0n) is 13.7. The molecule has 0 saturated heterocycles. The van der Waals surface area contributed by atoms with Crippen molar-refractivity contribution in [2.24, 2.45) is 0 Å². The smallest absolute Gasteiger partial charge is 0.381 e. The summed E-state index contributed by atoms with van der Waals surface area (Å²) in [5.41, 5.74) is 2.18. The van der Waals surface area contributed by atoms with E-state index in [-0.39, 0.29) is 11.6 Å². The van der Waals surface area contributed by atoms with Crippen molar-refractivity contribution in [3.63, 3.8) is 0 Å². The molecule has 0 atom stereocenters. The van der Waals surface area contributed by atoms with E-state index >= 15 is 0 Å². The van der Waals surface area contributed by atoms with Crippen molar-refractivity contribution >= 4 is 5.69 Å². The van der Waals surface area contributed by atoms with E-state index in [4.69, 9.17) is 0 Å². The largest absolute Gasteiger partial charge is 0.416 e. The molecule has 0 saturated carbocycles. The van der Waals surface area contributed by atoms with Gasteiger partial charge in [-0.25, -0.2) is 0 Å². The monoisotopic (exact) mass is 324 g/mol. The first kappa shape index (κ1) is 19.0. The van der Waals surface area contributed by atoms with Gasteiger partial charge in [-0.3, -0.25) is 0 Å². The van der Waals surface area contributed by atoms with Gasteiger partial charge in [0.05, 0.1) is 5.56 Å². The quantitative estimate of drug-likeness (QED) is 0.752. The number of halogens is 3. The number of benzene rings is 2. The highest BCUT2D eigenvalue weighted by molar-refractivity contribution is 5.47. The SMILES string of the molecule is CC(C)(C)c1ccc(CNc2cccc(C(F)(F)F)c2)cc1.N. The Morgan fingerprint density at radius 2 is 1.48 bits per heavy atom. The Kier molecular flexibility index (Phi) is 5.83. The number of rotatable bonds is 3. The Balaban J connectivity index is 0.00000264. The molecule has 0 spiro atoms. The molecule has 126 valence electrons. The van der Waals surface area contributed by atoms with Gasteiger partial charge in [0, 0.05) is 12.2 Å². The summed E-state index contributed by atoms with van der Waals surface area (Å²) in [6.45, 7) is 6.92. The van der Waals surface area contributed by atoms with E-state index in [9.17, 15) is 13.2 Å². The average Bonchev–Trinajstić information content (AvgIpc) is 2.44. The fourth-order valence-electron chi connectivity index (χ4n) is 2.13. The molecule has 2 aromatic carbocycles. The standard InChI is InChI=1S/C18H20F3N.H3N/c1-17(2,3)14-9-7-13(8-10-14)12-22-16-6-4-5-15(11-16)18(19,20)21;/h4-11,22H,12H2,1-3H3;1H3. The van der Waals surface area contributed by atoms with Crippen molar-refractivity contribution in [3.8, 4) is 0 Å². The summed E-state index contributed by atoms with van der Waals surface area (Å²) in [5.74, 6) is 0. The molecular weight excluding hydrogens is 301 g/mol. The second-order valence-corrected chi connectivity index (χ2v) is 6.38. The number of alkyl halides is 3. The highest BCUT2D eigenvalue weighted by atomic mass is 19.4. The minimum absolute atomic E-state index is 0. The Labute approximate surface area is 135 Å². The number of hydrogen-bond donors (Lipinski definition) is 2. The Bertz CT molecular complexity index is 626. The fourth-order valence-corrected chi connectivity index (χ4v) is 2.13. The molecule has 0 aromatic heterocycles. The normalized spacial score (nSPS) is 11.7. The molecule has 0 bridgehead atoms. The van der Waals surface area contributed by atoms with Gasteiger partial charge in [0.1, 0.15) is 0 Å². The summed E-state index contributed by atoms with van der Waals surface area (Å²) < 4.78 is 38.0. The maximum Gasteiger partial charge on any atom is 0.416 e. The third-order valence-corrected chi connectivity index (χ3v) is 3.51. The van der Waals surface area contributed by atoms with Crippen LogP contribution in [0.2, 0.25) is 0 Å². The highest BCUT2D eigenvalue weighted by Crippen LogP contribution is 2.30. The maximum atomic E-state index is 12.7. The Morgan fingerprint density at radius 3 is 2.00 bits per heavy atom. The third kappa shape index (κ3) is 5.28. The van der Waals surface area contributed by atoms with E-state index in [0.29, 0.717) is 12.2 Å². The van der Waals surface area contributed by atoms with Crippen LogP contribution in [0.5, 0.6) is 0 Å². The van der Waals surface area contributed by atoms with Gasteiger partial charge in [-0.1, -0.05) is 51.1 Å². The van der Waals surface area contributed by atoms with E-state index < -0.39 is 11.7 Å². The zero-order chi connectivity index (χ0) is 16.4. The molecule has 23 heavy (non-hydrogen) atoms. The molecular formula is C18H23F3N2. The molecule has 0 radical (unpaired) electrons. The van der Waals surface area contributed by atoms with Gasteiger partial charge >= 0.3 is 6.18 Å². The van der Waals surface area contributed by atoms with E-state index in [2.05, 4.69) is 38.2 Å². The van der Waals surface area contributed by atoms with Crippen LogP contribution in [-0.2, 0) is 18.1 Å². The molecule has 2 rings (SSSR count). The fraction of sp³-hybridized carbons (Fsp3) is 0.333. The summed E-state index contributed by atoms with van der Waals surface area (Å²) in [5, 5.41) is 3.03. The molecule has 0 aliphatic rings. The first-order valence-electron chi connectivity index (χ1n) is 7.17. The highest BCUT2D eigenvalue weighted by Gasteiger charge is 2.30. The molecule has 2 aromatic rings. The Morgan fingerprint density at radius 1 is 0.870 bits per heavy atom. The van der Waals surface area contributed by atoms with Crippen LogP contribution in [0.15, 0.2) is 48.5 Å². The predicted octanol–water partition coefficient (Wildman–Crippen LogP) is 5.78. The van der Waals surface area contributed by atoms with Crippen molar-refractivity contribution < 1.29 is 13.2 Å². The molecule has 0 amide bonds. The summed E-state index contributed by atoms with van der Waals surface area (Å²) >= 11 is 0. The van der Waals surface area contributed by atoms with Crippen LogP contribution < -0.4 is 11.5 Å². The van der Waals surface area contributed by atoms with Crippen molar-refractivity contribution in [3.05, 3.63) is 65.2 Å². The number of hydrogen-bond acceptors (Lipinski definition) is 2. The summed E-state index contributed by atoms with van der Waals surface area (Å²) in [6, 6.07) is 13.4. The van der Waals surface area contributed by atoms with Gasteiger partial charge in [-0.05, 0) is 34.7 Å². The van der Waals surface area contributed by atoms with Crippen LogP contribution in [0.4, 0.5) is 18.9 Å². The first-order valence-corrected chi connectivity index (χ1v) is 7.17. The summed E-state index contributed by atoms with van der Waals surface area (Å²) in [7, 11) is 0. The van der Waals surface area contributed by atoms with Crippen LogP contribution in [0.1, 0.15) is 37.5 Å². The molecule has 5 heteroatoms. The molecule has 0 heterocycles. The van der Waals surface area contributed by atoms with Crippen molar-refractivity contribution in [2.45, 2.75) is 38.9 Å². The summed E-state index contributed by atoms with van der Waals surface area (Å²) in [4.78, 5) is 0. The molecule has 2 nitrogen and oxygen atoms in total. The third-order valence-electron chi connectivity index (χ3n) is 3.51. The zero-order valence-corrected chi connectivity index (χ0v) is 13.7. The first-order chi connectivity index (χ1) is 10.2. The molecule has 0 aliphatic carbocycles. The maximum absolute atomic E-state index is 12.7. The lowest BCUT2D eigenvalue weighted by atomic mass is 9.87. The molecule has 0 unspecified atom stereocenters. The van der Waals surface area contributed by atoms with Gasteiger partial charge in [0.15, 0.2) is 0 Å². The van der Waals surface area contributed by atoms with E-state index in [1.165, 1.54) is 11.6 Å². The lowest BCUT2D eigenvalue weighted by molar-refractivity contribution is -0.137. The molecule has 0 fully saturated rings. The topological polar surface area (TPSA) is 47.0 Å². The van der Waals surface area contributed by atoms with Crippen LogP contribution in [0.3, 0.4) is 0 Å². The van der Waals surface area contributed by atoms with Gasteiger partial charge < -0.3 is 11.5 Å². The molecule has 4 N–H and O–H groups in total. The van der Waals surface area contributed by atoms with Crippen LogP contribution in [0.25, 0.3) is 0 Å². The van der Waals surface area contributed by atoms with Crippen LogP contribution in [-0.4, -0.2) is 0 Å². The van der Waals surface area contributed by atoms with Gasteiger partial charge in [-0.15, -0.1) is 0 Å². The minimum Gasteiger partial charge on any atom is -0.381 e. The van der Waals surface area contributed by atoms with E-state index in [1.54, 1.807) is 6.07 Å². The van der Waals surface area contributed by atoms with Crippen molar-refractivity contribution in [1.82, 2.24) is 6.15 Å². The second-order valence-electron chi connectivity index (χ2n) is 6.38. The Hall–Kier alpha value is -2.01. The van der Waals surface area contributed by atoms with Gasteiger partial charge in [0.2, 0.25) is 0 Å². The van der Waals surface area contributed by atoms with Crippen LogP contribution in [0, 0.1) is 0 Å². The average molecular weight is 324 g/mol. The van der Waals surface area contributed by atoms with Crippen LogP contribution >= 0.6 is 0 Å². The van der Waals surface area contributed by atoms with Gasteiger partial charge in [0.25, 0.3) is 0 Å². The lowest BCUT2D eigenvalue weighted by Gasteiger charge is -2.19. The van der Waals surface area contributed by atoms with Crippen molar-refractivity contribution in [1.29, 1.82) is 0 Å². The molecule has 0 aliphatic heterocycles. The minimum atomic E-state index is -4.31. The number of nitrogens with one attached hydrogen (secondary N) is 1. The van der Waals surface area contributed by atoms with E-state index in [1.807, 2.05) is 12.1 Å². The van der Waals surface area contributed by atoms with E-state index in [0.717, 1.165) is 17.7 Å². The lowest BCUT2D eigenvalue weighted by Crippen LogP contribution is -2.11. The van der Waals surface area contributed by atoms with Crippen molar-refractivity contribution in [2.75, 3.05) is 5.32 Å².